The van der Waals surface area contributed by atoms with E-state index in [1.165, 1.54) is 12.1 Å². The maximum absolute atomic E-state index is 12.7. The van der Waals surface area contributed by atoms with E-state index in [1.807, 2.05) is 0 Å². The third kappa shape index (κ3) is 3.85. The van der Waals surface area contributed by atoms with Gasteiger partial charge in [0.2, 0.25) is 10.0 Å². The molecule has 136 valence electrons. The van der Waals surface area contributed by atoms with Crippen LogP contribution in [-0.2, 0) is 24.3 Å². The Morgan fingerprint density at radius 1 is 1.36 bits per heavy atom. The first-order valence-electron chi connectivity index (χ1n) is 7.43. The zero-order valence-electron chi connectivity index (χ0n) is 12.9. The molecular formula is C15H15BrClNO6S. The standard InChI is InChI=1S/C15H15BrClNO6S/c16-9-1-2-12(11(17)7-9)18-25(21,22)13-3-4-15(23-5-6-24-15)8-10(13)14(19)20/h1-2,7-8,13,18H,3-6H2,(H,19,20). The number of rotatable bonds is 4. The van der Waals surface area contributed by atoms with Gasteiger partial charge in [-0.15, -0.1) is 0 Å². The van der Waals surface area contributed by atoms with Crippen molar-refractivity contribution in [3.63, 3.8) is 0 Å². The number of hydrogen-bond acceptors (Lipinski definition) is 5. The summed E-state index contributed by atoms with van der Waals surface area (Å²) in [5.74, 6) is -2.47. The van der Waals surface area contributed by atoms with Crippen molar-refractivity contribution in [3.8, 4) is 0 Å². The molecule has 2 N–H and O–H groups in total. The molecule has 1 aliphatic heterocycles. The monoisotopic (exact) mass is 451 g/mol. The predicted octanol–water partition coefficient (Wildman–Crippen LogP) is 2.76. The van der Waals surface area contributed by atoms with E-state index in [0.29, 0.717) is 17.7 Å². The molecule has 1 fully saturated rings. The summed E-state index contributed by atoms with van der Waals surface area (Å²) in [4.78, 5) is 11.6. The van der Waals surface area contributed by atoms with Crippen molar-refractivity contribution < 1.29 is 27.8 Å². The molecule has 1 aromatic rings. The molecule has 2 aliphatic rings. The summed E-state index contributed by atoms with van der Waals surface area (Å²) < 4.78 is 39.5. The number of nitrogens with one attached hydrogen (secondary N) is 1. The number of hydrogen-bond donors (Lipinski definition) is 2. The number of aliphatic carboxylic acids is 1. The van der Waals surface area contributed by atoms with Gasteiger partial charge in [-0.25, -0.2) is 13.2 Å². The summed E-state index contributed by atoms with van der Waals surface area (Å²) in [5, 5.41) is 8.44. The van der Waals surface area contributed by atoms with Crippen LogP contribution in [0.4, 0.5) is 5.69 Å². The molecule has 25 heavy (non-hydrogen) atoms. The molecule has 0 bridgehead atoms. The quantitative estimate of drug-likeness (QED) is 0.728. The van der Waals surface area contributed by atoms with Gasteiger partial charge in [-0.2, -0.15) is 0 Å². The molecule has 0 radical (unpaired) electrons. The van der Waals surface area contributed by atoms with Crippen molar-refractivity contribution in [1.82, 2.24) is 0 Å². The summed E-state index contributed by atoms with van der Waals surface area (Å²) in [5.41, 5.74) is -0.0860. The van der Waals surface area contributed by atoms with Crippen molar-refractivity contribution in [3.05, 3.63) is 39.3 Å². The van der Waals surface area contributed by atoms with Crippen LogP contribution < -0.4 is 4.72 Å². The average Bonchev–Trinajstić information content (AvgIpc) is 2.97. The van der Waals surface area contributed by atoms with Crippen molar-refractivity contribution in [1.29, 1.82) is 0 Å². The number of anilines is 1. The minimum Gasteiger partial charge on any atom is -0.478 e. The van der Waals surface area contributed by atoms with E-state index in [0.717, 1.165) is 0 Å². The second kappa shape index (κ2) is 6.88. The number of ether oxygens (including phenoxy) is 2. The fraction of sp³-hybridized carbons (Fsp3) is 0.400. The average molecular weight is 453 g/mol. The zero-order chi connectivity index (χ0) is 18.2. The van der Waals surface area contributed by atoms with Crippen LogP contribution in [0.2, 0.25) is 5.02 Å². The van der Waals surface area contributed by atoms with Gasteiger partial charge in [-0.05, 0) is 30.7 Å². The van der Waals surface area contributed by atoms with Crippen LogP contribution in [-0.4, -0.2) is 43.7 Å². The maximum atomic E-state index is 12.7. The van der Waals surface area contributed by atoms with Crippen LogP contribution in [0.25, 0.3) is 0 Å². The van der Waals surface area contributed by atoms with E-state index in [1.54, 1.807) is 12.1 Å². The largest absolute Gasteiger partial charge is 0.478 e. The third-order valence-corrected chi connectivity index (χ3v) is 6.61. The molecule has 0 amide bonds. The lowest BCUT2D eigenvalue weighted by Gasteiger charge is -2.32. The zero-order valence-corrected chi connectivity index (χ0v) is 16.0. The Kier molecular flexibility index (Phi) is 5.13. The molecule has 1 aromatic carbocycles. The van der Waals surface area contributed by atoms with Crippen LogP contribution in [0, 0.1) is 0 Å². The summed E-state index contributed by atoms with van der Waals surface area (Å²) in [6, 6.07) is 4.68. The van der Waals surface area contributed by atoms with Gasteiger partial charge >= 0.3 is 5.97 Å². The Bertz CT molecular complexity index is 834. The van der Waals surface area contributed by atoms with Crippen molar-refractivity contribution in [2.45, 2.75) is 23.9 Å². The predicted molar refractivity (Wildman–Crippen MR) is 95.1 cm³/mol. The molecule has 1 unspecified atom stereocenters. The van der Waals surface area contributed by atoms with E-state index in [-0.39, 0.29) is 29.1 Å². The van der Waals surface area contributed by atoms with Gasteiger partial charge < -0.3 is 14.6 Å². The molecular weight excluding hydrogens is 438 g/mol. The minimum atomic E-state index is -4.02. The van der Waals surface area contributed by atoms with Gasteiger partial charge in [0.1, 0.15) is 5.25 Å². The molecule has 0 saturated carbocycles. The molecule has 1 atom stereocenters. The van der Waals surface area contributed by atoms with Crippen LogP contribution in [0.5, 0.6) is 0 Å². The first kappa shape index (κ1) is 18.7. The Morgan fingerprint density at radius 2 is 2.04 bits per heavy atom. The van der Waals surface area contributed by atoms with Crippen LogP contribution in [0.15, 0.2) is 34.3 Å². The highest BCUT2D eigenvalue weighted by Gasteiger charge is 2.45. The molecule has 10 heteroatoms. The van der Waals surface area contributed by atoms with E-state index in [2.05, 4.69) is 20.7 Å². The first-order chi connectivity index (χ1) is 11.7. The Hall–Kier alpha value is -1.13. The van der Waals surface area contributed by atoms with E-state index >= 15 is 0 Å². The van der Waals surface area contributed by atoms with E-state index in [4.69, 9.17) is 21.1 Å². The molecule has 3 rings (SSSR count). The summed E-state index contributed by atoms with van der Waals surface area (Å²) in [7, 11) is -4.02. The molecule has 1 aliphatic carbocycles. The van der Waals surface area contributed by atoms with E-state index < -0.39 is 27.0 Å². The van der Waals surface area contributed by atoms with Gasteiger partial charge in [0.25, 0.3) is 0 Å². The lowest BCUT2D eigenvalue weighted by atomic mass is 9.94. The number of carbonyl (C=O) groups is 1. The lowest BCUT2D eigenvalue weighted by molar-refractivity contribution is -0.138. The number of sulfonamides is 1. The smallest absolute Gasteiger partial charge is 0.332 e. The van der Waals surface area contributed by atoms with Crippen molar-refractivity contribution in [2.75, 3.05) is 17.9 Å². The highest BCUT2D eigenvalue weighted by atomic mass is 79.9. The van der Waals surface area contributed by atoms with Crippen molar-refractivity contribution >= 4 is 49.2 Å². The normalized spacial score (nSPS) is 22.6. The summed E-state index contributed by atoms with van der Waals surface area (Å²) >= 11 is 9.28. The lowest BCUT2D eigenvalue weighted by Crippen LogP contribution is -2.41. The molecule has 1 saturated heterocycles. The van der Waals surface area contributed by atoms with Gasteiger partial charge in [0.15, 0.2) is 5.79 Å². The number of halogens is 2. The van der Waals surface area contributed by atoms with Gasteiger partial charge in [-0.3, -0.25) is 4.72 Å². The Morgan fingerprint density at radius 3 is 2.64 bits per heavy atom. The minimum absolute atomic E-state index is 0.0572. The maximum Gasteiger partial charge on any atom is 0.332 e. The van der Waals surface area contributed by atoms with Gasteiger partial charge in [0, 0.05) is 10.9 Å². The second-order valence-electron chi connectivity index (χ2n) is 5.71. The van der Waals surface area contributed by atoms with E-state index in [9.17, 15) is 18.3 Å². The summed E-state index contributed by atoms with van der Waals surface area (Å²) in [6.45, 7) is 0.682. The molecule has 1 spiro atoms. The van der Waals surface area contributed by atoms with Crippen LogP contribution in [0.1, 0.15) is 12.8 Å². The third-order valence-electron chi connectivity index (χ3n) is 4.06. The number of benzene rings is 1. The fourth-order valence-electron chi connectivity index (χ4n) is 2.91. The molecule has 0 aromatic heterocycles. The molecule has 7 nitrogen and oxygen atoms in total. The second-order valence-corrected chi connectivity index (χ2v) is 8.90. The van der Waals surface area contributed by atoms with Gasteiger partial charge in [-0.1, -0.05) is 27.5 Å². The summed E-state index contributed by atoms with van der Waals surface area (Å²) in [6.07, 6.45) is 1.57. The Balaban J connectivity index is 1.92. The topological polar surface area (TPSA) is 102 Å². The Labute approximate surface area is 158 Å². The first-order valence-corrected chi connectivity index (χ1v) is 10.1. The fourth-order valence-corrected chi connectivity index (χ4v) is 5.24. The van der Waals surface area contributed by atoms with Crippen LogP contribution in [0.3, 0.4) is 0 Å². The van der Waals surface area contributed by atoms with Crippen molar-refractivity contribution in [2.24, 2.45) is 0 Å². The molecule has 1 heterocycles. The van der Waals surface area contributed by atoms with Crippen LogP contribution >= 0.6 is 27.5 Å². The number of carboxylic acid groups (broad SMARTS) is 1. The SMILES string of the molecule is O=C(O)C1=CC2(CCC1S(=O)(=O)Nc1ccc(Br)cc1Cl)OCCO2. The highest BCUT2D eigenvalue weighted by Crippen LogP contribution is 2.37. The number of carboxylic acids is 1. The highest BCUT2D eigenvalue weighted by molar-refractivity contribution is 9.10. The van der Waals surface area contributed by atoms with Gasteiger partial charge in [0.05, 0.1) is 29.5 Å².